The molecule has 0 amide bonds. The Hall–Kier alpha value is -2.01. The molecule has 0 fully saturated rings. The van der Waals surface area contributed by atoms with Gasteiger partial charge in [0, 0.05) is 5.02 Å². The lowest BCUT2D eigenvalue weighted by Crippen LogP contribution is -2.09. The predicted molar refractivity (Wildman–Crippen MR) is 79.1 cm³/mol. The first kappa shape index (κ1) is 14.4. The first-order chi connectivity index (χ1) is 9.45. The van der Waals surface area contributed by atoms with Gasteiger partial charge < -0.3 is 15.8 Å². The third-order valence-corrected chi connectivity index (χ3v) is 2.66. The molecule has 0 unspecified atom stereocenters. The van der Waals surface area contributed by atoms with E-state index in [1.807, 2.05) is 13.8 Å². The van der Waals surface area contributed by atoms with Gasteiger partial charge in [0.2, 0.25) is 5.88 Å². The number of hydrogen-bond donors (Lipinski definition) is 2. The Kier molecular flexibility index (Phi) is 4.29. The number of nitrogens with one attached hydrogen (secondary N) is 1. The Morgan fingerprint density at radius 1 is 1.30 bits per heavy atom. The largest absolute Gasteiger partial charge is 0.473 e. The number of nitrogens with zero attached hydrogens (tertiary/aromatic N) is 1. The summed E-state index contributed by atoms with van der Waals surface area (Å²) >= 11 is 5.84. The molecule has 1 aromatic heterocycles. The molecule has 20 heavy (non-hydrogen) atoms. The number of rotatable bonds is 4. The van der Waals surface area contributed by atoms with Crippen LogP contribution in [0.4, 0.5) is 21.6 Å². The van der Waals surface area contributed by atoms with Crippen molar-refractivity contribution in [3.8, 4) is 5.88 Å². The van der Waals surface area contributed by atoms with E-state index in [1.54, 1.807) is 12.1 Å². The highest BCUT2D eigenvalue weighted by atomic mass is 35.5. The number of ether oxygens (including phenoxy) is 1. The maximum atomic E-state index is 13.6. The summed E-state index contributed by atoms with van der Waals surface area (Å²) in [4.78, 5) is 4.21. The maximum Gasteiger partial charge on any atom is 0.239 e. The van der Waals surface area contributed by atoms with Crippen molar-refractivity contribution in [1.82, 2.24) is 4.98 Å². The van der Waals surface area contributed by atoms with Gasteiger partial charge >= 0.3 is 0 Å². The first-order valence-electron chi connectivity index (χ1n) is 6.11. The normalized spacial score (nSPS) is 10.7. The first-order valence-corrected chi connectivity index (χ1v) is 6.49. The van der Waals surface area contributed by atoms with Gasteiger partial charge in [-0.25, -0.2) is 4.39 Å². The van der Waals surface area contributed by atoms with Gasteiger partial charge in [-0.05, 0) is 44.2 Å². The molecule has 0 bridgehead atoms. The fourth-order valence-electron chi connectivity index (χ4n) is 1.57. The smallest absolute Gasteiger partial charge is 0.239 e. The van der Waals surface area contributed by atoms with Crippen LogP contribution < -0.4 is 15.8 Å². The summed E-state index contributed by atoms with van der Waals surface area (Å²) < 4.78 is 19.1. The zero-order chi connectivity index (χ0) is 14.7. The molecule has 4 nitrogen and oxygen atoms in total. The molecule has 0 spiro atoms. The average Bonchev–Trinajstić information content (AvgIpc) is 2.37. The maximum absolute atomic E-state index is 13.6. The quantitative estimate of drug-likeness (QED) is 0.895. The van der Waals surface area contributed by atoms with Crippen molar-refractivity contribution in [2.75, 3.05) is 11.1 Å². The van der Waals surface area contributed by atoms with E-state index in [1.165, 1.54) is 18.2 Å². The molecule has 1 aromatic carbocycles. The van der Waals surface area contributed by atoms with Crippen LogP contribution in [0.2, 0.25) is 5.02 Å². The second-order valence-corrected chi connectivity index (χ2v) is 4.94. The highest BCUT2D eigenvalue weighted by Gasteiger charge is 2.09. The fourth-order valence-corrected chi connectivity index (χ4v) is 1.74. The zero-order valence-corrected chi connectivity index (χ0v) is 11.9. The van der Waals surface area contributed by atoms with Crippen LogP contribution in [0.25, 0.3) is 0 Å². The van der Waals surface area contributed by atoms with Crippen molar-refractivity contribution in [3.05, 3.63) is 41.2 Å². The van der Waals surface area contributed by atoms with E-state index < -0.39 is 5.82 Å². The summed E-state index contributed by atoms with van der Waals surface area (Å²) in [6.45, 7) is 3.75. The van der Waals surface area contributed by atoms with E-state index in [0.717, 1.165) is 0 Å². The molecule has 0 atom stereocenters. The van der Waals surface area contributed by atoms with Crippen LogP contribution in [0, 0.1) is 5.82 Å². The van der Waals surface area contributed by atoms with Gasteiger partial charge in [-0.1, -0.05) is 11.6 Å². The molecule has 0 saturated carbocycles. The molecule has 6 heteroatoms. The second-order valence-electron chi connectivity index (χ2n) is 4.51. The Bertz CT molecular complexity index is 619. The van der Waals surface area contributed by atoms with Gasteiger partial charge in [0.15, 0.2) is 0 Å². The lowest BCUT2D eigenvalue weighted by atomic mass is 10.3. The third-order valence-electron chi connectivity index (χ3n) is 2.43. The second kappa shape index (κ2) is 5.96. The minimum absolute atomic E-state index is 0.0528. The van der Waals surface area contributed by atoms with Gasteiger partial charge in [0.05, 0.1) is 17.5 Å². The van der Waals surface area contributed by atoms with E-state index in [4.69, 9.17) is 22.1 Å². The number of pyridine rings is 1. The van der Waals surface area contributed by atoms with Crippen LogP contribution in [-0.2, 0) is 0 Å². The average molecular weight is 296 g/mol. The molecule has 2 rings (SSSR count). The summed E-state index contributed by atoms with van der Waals surface area (Å²) in [6.07, 6.45) is -0.0528. The van der Waals surface area contributed by atoms with Crippen molar-refractivity contribution < 1.29 is 9.13 Å². The lowest BCUT2D eigenvalue weighted by molar-refractivity contribution is 0.234. The van der Waals surface area contributed by atoms with Crippen LogP contribution >= 0.6 is 11.6 Å². The molecule has 3 N–H and O–H groups in total. The van der Waals surface area contributed by atoms with E-state index in [-0.39, 0.29) is 11.8 Å². The summed E-state index contributed by atoms with van der Waals surface area (Å²) in [5.74, 6) is 0.322. The highest BCUT2D eigenvalue weighted by molar-refractivity contribution is 6.30. The van der Waals surface area contributed by atoms with Crippen molar-refractivity contribution in [2.24, 2.45) is 0 Å². The third kappa shape index (κ3) is 3.51. The number of aromatic nitrogens is 1. The van der Waals surface area contributed by atoms with E-state index >= 15 is 0 Å². The number of benzene rings is 1. The van der Waals surface area contributed by atoms with Crippen molar-refractivity contribution in [1.29, 1.82) is 0 Å². The van der Waals surface area contributed by atoms with Crippen molar-refractivity contribution in [2.45, 2.75) is 20.0 Å². The number of nitrogen functional groups attached to an aromatic ring is 1. The Balaban J connectivity index is 2.27. The summed E-state index contributed by atoms with van der Waals surface area (Å²) in [5, 5.41) is 3.28. The lowest BCUT2D eigenvalue weighted by Gasteiger charge is -2.13. The Morgan fingerprint density at radius 3 is 2.75 bits per heavy atom. The molecule has 0 aliphatic heterocycles. The molecule has 2 aromatic rings. The minimum Gasteiger partial charge on any atom is -0.473 e. The van der Waals surface area contributed by atoms with Crippen LogP contribution in [-0.4, -0.2) is 11.1 Å². The Labute approximate surface area is 121 Å². The standard InChI is InChI=1S/C14H15ClFN3O/c1-8(2)20-14-11(17)5-6-13(19-14)18-12-7-9(15)3-4-10(12)16/h3-8H,17H2,1-2H3,(H,18,19). The van der Waals surface area contributed by atoms with E-state index in [2.05, 4.69) is 10.3 Å². The van der Waals surface area contributed by atoms with Crippen LogP contribution in [0.3, 0.4) is 0 Å². The van der Waals surface area contributed by atoms with Crippen molar-refractivity contribution >= 4 is 28.8 Å². The topological polar surface area (TPSA) is 60.2 Å². The molecule has 106 valence electrons. The molecular weight excluding hydrogens is 281 g/mol. The van der Waals surface area contributed by atoms with Crippen LogP contribution in [0.15, 0.2) is 30.3 Å². The highest BCUT2D eigenvalue weighted by Crippen LogP contribution is 2.26. The van der Waals surface area contributed by atoms with Gasteiger partial charge in [0.25, 0.3) is 0 Å². The number of anilines is 3. The number of nitrogens with two attached hydrogens (primary N) is 1. The van der Waals surface area contributed by atoms with Gasteiger partial charge in [-0.15, -0.1) is 0 Å². The minimum atomic E-state index is -0.417. The molecule has 0 aliphatic rings. The molecular formula is C14H15ClFN3O. The number of halogens is 2. The fraction of sp³-hybridized carbons (Fsp3) is 0.214. The van der Waals surface area contributed by atoms with Gasteiger partial charge in [-0.3, -0.25) is 0 Å². The predicted octanol–water partition coefficient (Wildman–Crippen LogP) is 3.99. The zero-order valence-electron chi connectivity index (χ0n) is 11.2. The molecule has 0 radical (unpaired) electrons. The molecule has 0 aliphatic carbocycles. The Morgan fingerprint density at radius 2 is 2.05 bits per heavy atom. The van der Waals surface area contributed by atoms with Crippen LogP contribution in [0.1, 0.15) is 13.8 Å². The van der Waals surface area contributed by atoms with Gasteiger partial charge in [0.1, 0.15) is 11.6 Å². The van der Waals surface area contributed by atoms with Crippen LogP contribution in [0.5, 0.6) is 5.88 Å². The van der Waals surface area contributed by atoms with E-state index in [0.29, 0.717) is 22.4 Å². The summed E-state index contributed by atoms with van der Waals surface area (Å²) in [6, 6.07) is 7.54. The molecule has 0 saturated heterocycles. The van der Waals surface area contributed by atoms with Crippen molar-refractivity contribution in [3.63, 3.8) is 0 Å². The van der Waals surface area contributed by atoms with Gasteiger partial charge in [-0.2, -0.15) is 4.98 Å². The molecule has 1 heterocycles. The number of hydrogen-bond acceptors (Lipinski definition) is 4. The summed E-state index contributed by atoms with van der Waals surface area (Å²) in [7, 11) is 0. The monoisotopic (exact) mass is 295 g/mol. The SMILES string of the molecule is CC(C)Oc1nc(Nc2cc(Cl)ccc2F)ccc1N. The van der Waals surface area contributed by atoms with E-state index in [9.17, 15) is 4.39 Å². The summed E-state index contributed by atoms with van der Waals surface area (Å²) in [5.41, 5.74) is 6.44.